The van der Waals surface area contributed by atoms with Crippen LogP contribution in [0, 0.1) is 5.92 Å². The molecule has 106 valence electrons. The van der Waals surface area contributed by atoms with Crippen molar-refractivity contribution in [1.29, 1.82) is 0 Å². The van der Waals surface area contributed by atoms with E-state index in [0.717, 1.165) is 12.8 Å². The molecule has 0 spiro atoms. The smallest absolute Gasteiger partial charge is 0.282 e. The molecule has 21 heavy (non-hydrogen) atoms. The average Bonchev–Trinajstić information content (AvgIpc) is 3.19. The van der Waals surface area contributed by atoms with E-state index < -0.39 is 5.91 Å². The van der Waals surface area contributed by atoms with Crippen LogP contribution in [-0.2, 0) is 6.42 Å². The summed E-state index contributed by atoms with van der Waals surface area (Å²) < 4.78 is 1.26. The van der Waals surface area contributed by atoms with Crippen molar-refractivity contribution in [1.82, 2.24) is 14.6 Å². The Labute approximate surface area is 119 Å². The fourth-order valence-corrected chi connectivity index (χ4v) is 2.74. The van der Waals surface area contributed by atoms with Crippen LogP contribution in [0.2, 0.25) is 0 Å². The molecule has 1 saturated carbocycles. The van der Waals surface area contributed by atoms with Gasteiger partial charge in [0, 0.05) is 0 Å². The molecule has 6 nitrogen and oxygen atoms in total. The number of H-pyrrole nitrogens is 1. The first-order chi connectivity index (χ1) is 10.1. The number of benzene rings is 1. The molecule has 2 heterocycles. The van der Waals surface area contributed by atoms with Gasteiger partial charge < -0.3 is 10.7 Å². The minimum Gasteiger partial charge on any atom is -0.365 e. The van der Waals surface area contributed by atoms with Crippen LogP contribution in [0.4, 0.5) is 0 Å². The van der Waals surface area contributed by atoms with E-state index in [-0.39, 0.29) is 5.56 Å². The standard InChI is InChI=1S/C15H14N4O2/c16-13(20)12-11(7-8-5-6-8)18-19-14(12)17-10-4-2-1-3-9(10)15(19)21/h1-4,8,17H,5-7H2,(H2,16,20). The second-order valence-electron chi connectivity index (χ2n) is 5.57. The number of carbonyl (C=O) groups excluding carboxylic acids is 1. The van der Waals surface area contributed by atoms with Gasteiger partial charge in [-0.3, -0.25) is 9.59 Å². The molecule has 0 unspecified atom stereocenters. The minimum atomic E-state index is -0.549. The molecule has 0 aliphatic heterocycles. The first kappa shape index (κ1) is 12.1. The van der Waals surface area contributed by atoms with Gasteiger partial charge in [0.05, 0.1) is 16.6 Å². The van der Waals surface area contributed by atoms with Crippen molar-refractivity contribution in [3.8, 4) is 0 Å². The maximum atomic E-state index is 12.5. The van der Waals surface area contributed by atoms with Crippen LogP contribution in [0.15, 0.2) is 29.1 Å². The lowest BCUT2D eigenvalue weighted by Crippen LogP contribution is -2.17. The molecule has 1 aliphatic rings. The summed E-state index contributed by atoms with van der Waals surface area (Å²) in [6, 6.07) is 7.17. The Morgan fingerprint density at radius 3 is 2.86 bits per heavy atom. The number of para-hydroxylation sites is 1. The molecule has 1 amide bonds. The number of hydrogen-bond acceptors (Lipinski definition) is 3. The highest BCUT2D eigenvalue weighted by molar-refractivity contribution is 6.00. The van der Waals surface area contributed by atoms with Gasteiger partial charge in [0.25, 0.3) is 11.5 Å². The molecule has 6 heteroatoms. The van der Waals surface area contributed by atoms with E-state index in [1.165, 1.54) is 4.52 Å². The van der Waals surface area contributed by atoms with E-state index >= 15 is 0 Å². The van der Waals surface area contributed by atoms with Crippen molar-refractivity contribution >= 4 is 22.5 Å². The summed E-state index contributed by atoms with van der Waals surface area (Å²) in [7, 11) is 0. The molecule has 0 atom stereocenters. The highest BCUT2D eigenvalue weighted by atomic mass is 16.1. The Hall–Kier alpha value is -2.63. The van der Waals surface area contributed by atoms with E-state index in [0.29, 0.717) is 40.1 Å². The number of hydrogen-bond donors (Lipinski definition) is 2. The number of rotatable bonds is 3. The zero-order valence-corrected chi connectivity index (χ0v) is 11.3. The first-order valence-electron chi connectivity index (χ1n) is 6.97. The number of amides is 1. The van der Waals surface area contributed by atoms with Crippen LogP contribution < -0.4 is 11.3 Å². The molecule has 2 aromatic heterocycles. The summed E-state index contributed by atoms with van der Waals surface area (Å²) in [5.41, 5.74) is 7.29. The van der Waals surface area contributed by atoms with Gasteiger partial charge >= 0.3 is 0 Å². The van der Waals surface area contributed by atoms with Gasteiger partial charge in [0.1, 0.15) is 5.56 Å². The summed E-state index contributed by atoms with van der Waals surface area (Å²) in [5.74, 6) is 0.00381. The number of aromatic nitrogens is 3. The Kier molecular flexibility index (Phi) is 2.42. The maximum Gasteiger partial charge on any atom is 0.282 e. The van der Waals surface area contributed by atoms with Crippen LogP contribution in [0.25, 0.3) is 16.6 Å². The topological polar surface area (TPSA) is 93.2 Å². The monoisotopic (exact) mass is 282 g/mol. The first-order valence-corrected chi connectivity index (χ1v) is 6.97. The van der Waals surface area contributed by atoms with E-state index in [1.54, 1.807) is 18.2 Å². The van der Waals surface area contributed by atoms with Gasteiger partial charge in [-0.05, 0) is 37.3 Å². The number of primary amides is 1. The van der Waals surface area contributed by atoms with Gasteiger partial charge in [0.2, 0.25) is 0 Å². The normalized spacial score (nSPS) is 14.9. The highest BCUT2D eigenvalue weighted by Gasteiger charge is 2.28. The maximum absolute atomic E-state index is 12.5. The van der Waals surface area contributed by atoms with E-state index in [1.807, 2.05) is 6.07 Å². The predicted molar refractivity (Wildman–Crippen MR) is 78.3 cm³/mol. The molecule has 3 N–H and O–H groups in total. The van der Waals surface area contributed by atoms with E-state index in [9.17, 15) is 9.59 Å². The molecular weight excluding hydrogens is 268 g/mol. The summed E-state index contributed by atoms with van der Waals surface area (Å²) in [5, 5.41) is 4.88. The number of aromatic amines is 1. The fourth-order valence-electron chi connectivity index (χ4n) is 2.74. The lowest BCUT2D eigenvalue weighted by atomic mass is 10.1. The van der Waals surface area contributed by atoms with Crippen molar-refractivity contribution in [2.45, 2.75) is 19.3 Å². The Morgan fingerprint density at radius 2 is 2.14 bits per heavy atom. The zero-order valence-electron chi connectivity index (χ0n) is 11.3. The number of nitrogens with zero attached hydrogens (tertiary/aromatic N) is 2. The SMILES string of the molecule is NC(=O)c1c(CC2CC2)nn2c(=O)c3ccccc3[nH]c12. The van der Waals surface area contributed by atoms with Crippen LogP contribution in [0.5, 0.6) is 0 Å². The second-order valence-corrected chi connectivity index (χ2v) is 5.57. The zero-order chi connectivity index (χ0) is 14.6. The third-order valence-corrected chi connectivity index (χ3v) is 3.99. The highest BCUT2D eigenvalue weighted by Crippen LogP contribution is 2.33. The van der Waals surface area contributed by atoms with Crippen molar-refractivity contribution in [2.75, 3.05) is 0 Å². The average molecular weight is 282 g/mol. The van der Waals surface area contributed by atoms with Crippen molar-refractivity contribution in [2.24, 2.45) is 11.7 Å². The van der Waals surface area contributed by atoms with Crippen molar-refractivity contribution in [3.63, 3.8) is 0 Å². The molecule has 1 aliphatic carbocycles. The number of carbonyl (C=O) groups is 1. The Bertz CT molecular complexity index is 934. The Balaban J connectivity index is 2.09. The van der Waals surface area contributed by atoms with Gasteiger partial charge in [0.15, 0.2) is 5.65 Å². The van der Waals surface area contributed by atoms with Gasteiger partial charge in [-0.1, -0.05) is 12.1 Å². The molecular formula is C15H14N4O2. The molecule has 1 fully saturated rings. The third kappa shape index (κ3) is 1.83. The number of nitrogens with two attached hydrogens (primary N) is 1. The predicted octanol–water partition coefficient (Wildman–Crippen LogP) is 1.23. The minimum absolute atomic E-state index is 0.233. The summed E-state index contributed by atoms with van der Waals surface area (Å²) in [4.78, 5) is 27.4. The van der Waals surface area contributed by atoms with E-state index in [4.69, 9.17) is 5.73 Å². The van der Waals surface area contributed by atoms with Gasteiger partial charge in [-0.2, -0.15) is 9.61 Å². The summed E-state index contributed by atoms with van der Waals surface area (Å²) >= 11 is 0. The van der Waals surface area contributed by atoms with Crippen LogP contribution >= 0.6 is 0 Å². The fraction of sp³-hybridized carbons (Fsp3) is 0.267. The molecule has 0 radical (unpaired) electrons. The molecule has 3 aromatic rings. The number of fused-ring (bicyclic) bond motifs is 2. The lowest BCUT2D eigenvalue weighted by molar-refractivity contribution is 0.100. The summed E-state index contributed by atoms with van der Waals surface area (Å²) in [6.07, 6.45) is 2.98. The largest absolute Gasteiger partial charge is 0.365 e. The lowest BCUT2D eigenvalue weighted by Gasteiger charge is -2.00. The molecule has 0 saturated heterocycles. The quantitative estimate of drug-likeness (QED) is 0.756. The van der Waals surface area contributed by atoms with Crippen LogP contribution in [0.1, 0.15) is 28.9 Å². The van der Waals surface area contributed by atoms with E-state index in [2.05, 4.69) is 10.1 Å². The summed E-state index contributed by atoms with van der Waals surface area (Å²) in [6.45, 7) is 0. The Morgan fingerprint density at radius 1 is 1.38 bits per heavy atom. The van der Waals surface area contributed by atoms with Gasteiger partial charge in [-0.15, -0.1) is 0 Å². The molecule has 4 rings (SSSR count). The molecule has 1 aromatic carbocycles. The number of nitrogens with one attached hydrogen (secondary N) is 1. The van der Waals surface area contributed by atoms with Crippen LogP contribution in [-0.4, -0.2) is 20.5 Å². The van der Waals surface area contributed by atoms with Crippen LogP contribution in [0.3, 0.4) is 0 Å². The van der Waals surface area contributed by atoms with Crippen molar-refractivity contribution in [3.05, 3.63) is 45.9 Å². The second kappa shape index (κ2) is 4.18. The van der Waals surface area contributed by atoms with Gasteiger partial charge in [-0.25, -0.2) is 0 Å². The molecule has 0 bridgehead atoms. The third-order valence-electron chi connectivity index (χ3n) is 3.99. The van der Waals surface area contributed by atoms with Crippen molar-refractivity contribution < 1.29 is 4.79 Å².